The maximum atomic E-state index is 5.69. The molecule has 0 aromatic heterocycles. The summed E-state index contributed by atoms with van der Waals surface area (Å²) in [6, 6.07) is 0. The highest BCUT2D eigenvalue weighted by atomic mass is 16.5. The lowest BCUT2D eigenvalue weighted by Gasteiger charge is -2.07. The van der Waals surface area contributed by atoms with E-state index < -0.39 is 0 Å². The van der Waals surface area contributed by atoms with Gasteiger partial charge in [-0.1, -0.05) is 90.4 Å². The molecule has 0 unspecified atom stereocenters. The second kappa shape index (κ2) is 22.0. The normalized spacial score (nSPS) is 11.5. The Bertz CT molecular complexity index is 228. The minimum absolute atomic E-state index is 0.358. The van der Waals surface area contributed by atoms with Crippen LogP contribution < -0.4 is 0 Å². The molecular formula is C23H48O2. The Kier molecular flexibility index (Phi) is 21.9. The highest BCUT2D eigenvalue weighted by Crippen LogP contribution is 2.12. The monoisotopic (exact) mass is 356 g/mol. The van der Waals surface area contributed by atoms with E-state index in [1.807, 2.05) is 0 Å². The molecule has 0 saturated heterocycles. The molecule has 0 atom stereocenters. The van der Waals surface area contributed by atoms with Crippen LogP contribution in [0.15, 0.2) is 0 Å². The van der Waals surface area contributed by atoms with E-state index in [0.29, 0.717) is 6.10 Å². The van der Waals surface area contributed by atoms with Crippen molar-refractivity contribution in [1.82, 2.24) is 0 Å². The van der Waals surface area contributed by atoms with Gasteiger partial charge in [-0.15, -0.1) is 0 Å². The van der Waals surface area contributed by atoms with Gasteiger partial charge in [-0.25, -0.2) is 0 Å². The maximum Gasteiger partial charge on any atom is 0.0518 e. The van der Waals surface area contributed by atoms with Crippen LogP contribution in [-0.2, 0) is 9.47 Å². The second-order valence-electron chi connectivity index (χ2n) is 7.84. The molecule has 0 heterocycles. The minimum Gasteiger partial charge on any atom is -0.381 e. The van der Waals surface area contributed by atoms with Gasteiger partial charge in [0.15, 0.2) is 0 Å². The van der Waals surface area contributed by atoms with Gasteiger partial charge in [-0.3, -0.25) is 0 Å². The summed E-state index contributed by atoms with van der Waals surface area (Å²) < 4.78 is 11.2. The summed E-state index contributed by atoms with van der Waals surface area (Å²) in [5, 5.41) is 0. The van der Waals surface area contributed by atoms with E-state index in [-0.39, 0.29) is 0 Å². The largest absolute Gasteiger partial charge is 0.381 e. The molecule has 0 rings (SSSR count). The van der Waals surface area contributed by atoms with Crippen molar-refractivity contribution < 1.29 is 9.47 Å². The Morgan fingerprint density at radius 3 is 1.28 bits per heavy atom. The summed E-state index contributed by atoms with van der Waals surface area (Å²) in [5.74, 6) is 0. The van der Waals surface area contributed by atoms with Crippen LogP contribution in [0.3, 0.4) is 0 Å². The van der Waals surface area contributed by atoms with Crippen LogP contribution in [0.25, 0.3) is 0 Å². The molecule has 152 valence electrons. The van der Waals surface area contributed by atoms with Crippen molar-refractivity contribution in [3.05, 3.63) is 0 Å². The summed E-state index contributed by atoms with van der Waals surface area (Å²) in [4.78, 5) is 0. The van der Waals surface area contributed by atoms with Gasteiger partial charge < -0.3 is 9.47 Å². The third-order valence-corrected chi connectivity index (χ3v) is 4.78. The predicted octanol–water partition coefficient (Wildman–Crippen LogP) is 7.69. The van der Waals surface area contributed by atoms with Crippen LogP contribution in [0.4, 0.5) is 0 Å². The van der Waals surface area contributed by atoms with Crippen molar-refractivity contribution in [2.24, 2.45) is 0 Å². The Morgan fingerprint density at radius 1 is 0.480 bits per heavy atom. The first-order valence-electron chi connectivity index (χ1n) is 11.5. The van der Waals surface area contributed by atoms with Crippen molar-refractivity contribution in [2.75, 3.05) is 19.8 Å². The number of hydrogen-bond donors (Lipinski definition) is 0. The van der Waals surface area contributed by atoms with E-state index in [0.717, 1.165) is 32.7 Å². The van der Waals surface area contributed by atoms with Crippen LogP contribution in [0.2, 0.25) is 0 Å². The molecule has 0 aliphatic carbocycles. The molecule has 0 aliphatic rings. The van der Waals surface area contributed by atoms with Gasteiger partial charge in [0.2, 0.25) is 0 Å². The molecule has 0 radical (unpaired) electrons. The first kappa shape index (κ1) is 24.9. The Labute approximate surface area is 159 Å². The van der Waals surface area contributed by atoms with E-state index >= 15 is 0 Å². The van der Waals surface area contributed by atoms with E-state index in [2.05, 4.69) is 20.8 Å². The van der Waals surface area contributed by atoms with Gasteiger partial charge in [0, 0.05) is 19.8 Å². The molecule has 0 saturated carbocycles. The third-order valence-electron chi connectivity index (χ3n) is 4.78. The molecule has 0 bridgehead atoms. The van der Waals surface area contributed by atoms with Crippen molar-refractivity contribution in [3.63, 3.8) is 0 Å². The number of ether oxygens (including phenoxy) is 2. The van der Waals surface area contributed by atoms with Crippen molar-refractivity contribution in [1.29, 1.82) is 0 Å². The lowest BCUT2D eigenvalue weighted by atomic mass is 10.0. The van der Waals surface area contributed by atoms with E-state index in [9.17, 15) is 0 Å². The molecule has 0 aliphatic heterocycles. The van der Waals surface area contributed by atoms with E-state index in [4.69, 9.17) is 9.47 Å². The molecule has 0 fully saturated rings. The highest BCUT2D eigenvalue weighted by Gasteiger charge is 1.96. The van der Waals surface area contributed by atoms with Gasteiger partial charge in [0.05, 0.1) is 6.10 Å². The van der Waals surface area contributed by atoms with Gasteiger partial charge in [-0.05, 0) is 33.1 Å². The SMILES string of the molecule is CCCCCCCCCCCCCCCCOCCCCOC(C)C. The molecule has 0 spiro atoms. The zero-order chi connectivity index (χ0) is 18.4. The summed E-state index contributed by atoms with van der Waals surface area (Å²) >= 11 is 0. The Balaban J connectivity index is 2.96. The van der Waals surface area contributed by atoms with E-state index in [1.165, 1.54) is 89.9 Å². The molecule has 2 heteroatoms. The maximum absolute atomic E-state index is 5.69. The third kappa shape index (κ3) is 23.9. The zero-order valence-electron chi connectivity index (χ0n) is 17.8. The lowest BCUT2D eigenvalue weighted by Crippen LogP contribution is -2.05. The quantitative estimate of drug-likeness (QED) is 0.196. The van der Waals surface area contributed by atoms with Crippen LogP contribution in [0.1, 0.15) is 124 Å². The number of hydrogen-bond acceptors (Lipinski definition) is 2. The predicted molar refractivity (Wildman–Crippen MR) is 111 cm³/mol. The van der Waals surface area contributed by atoms with Gasteiger partial charge in [0.1, 0.15) is 0 Å². The topological polar surface area (TPSA) is 18.5 Å². The van der Waals surface area contributed by atoms with E-state index in [1.54, 1.807) is 0 Å². The fourth-order valence-electron chi connectivity index (χ4n) is 3.13. The van der Waals surface area contributed by atoms with Crippen molar-refractivity contribution in [3.8, 4) is 0 Å². The minimum atomic E-state index is 0.358. The second-order valence-corrected chi connectivity index (χ2v) is 7.84. The summed E-state index contributed by atoms with van der Waals surface area (Å²) in [6.07, 6.45) is 22.4. The standard InChI is InChI=1S/C23H48O2/c1-4-5-6-7-8-9-10-11-12-13-14-15-16-17-20-24-21-18-19-22-25-23(2)3/h23H,4-22H2,1-3H3. The molecule has 0 amide bonds. The molecule has 0 aromatic carbocycles. The summed E-state index contributed by atoms with van der Waals surface area (Å²) in [5.41, 5.74) is 0. The summed E-state index contributed by atoms with van der Waals surface area (Å²) in [7, 11) is 0. The molecule has 0 N–H and O–H groups in total. The molecule has 2 nitrogen and oxygen atoms in total. The van der Waals surface area contributed by atoms with Gasteiger partial charge in [-0.2, -0.15) is 0 Å². The average Bonchev–Trinajstić information content (AvgIpc) is 2.60. The highest BCUT2D eigenvalue weighted by molar-refractivity contribution is 4.49. The number of unbranched alkanes of at least 4 members (excludes halogenated alkanes) is 14. The Morgan fingerprint density at radius 2 is 0.840 bits per heavy atom. The number of rotatable bonds is 21. The van der Waals surface area contributed by atoms with Crippen molar-refractivity contribution >= 4 is 0 Å². The molecule has 0 aromatic rings. The fourth-order valence-corrected chi connectivity index (χ4v) is 3.13. The van der Waals surface area contributed by atoms with Crippen LogP contribution >= 0.6 is 0 Å². The lowest BCUT2D eigenvalue weighted by molar-refractivity contribution is 0.0660. The first-order valence-corrected chi connectivity index (χ1v) is 11.5. The molecule has 25 heavy (non-hydrogen) atoms. The fraction of sp³-hybridized carbons (Fsp3) is 1.00. The smallest absolute Gasteiger partial charge is 0.0518 e. The zero-order valence-corrected chi connectivity index (χ0v) is 17.8. The summed E-state index contributed by atoms with van der Waals surface area (Å²) in [6.45, 7) is 9.19. The van der Waals surface area contributed by atoms with Crippen LogP contribution in [0.5, 0.6) is 0 Å². The van der Waals surface area contributed by atoms with Gasteiger partial charge in [0.25, 0.3) is 0 Å². The molecular weight excluding hydrogens is 308 g/mol. The first-order chi connectivity index (χ1) is 12.3. The average molecular weight is 357 g/mol. The van der Waals surface area contributed by atoms with Crippen LogP contribution in [0, 0.1) is 0 Å². The van der Waals surface area contributed by atoms with Gasteiger partial charge >= 0.3 is 0 Å². The van der Waals surface area contributed by atoms with Crippen LogP contribution in [-0.4, -0.2) is 25.9 Å². The Hall–Kier alpha value is -0.0800. The van der Waals surface area contributed by atoms with Crippen molar-refractivity contribution in [2.45, 2.75) is 130 Å².